The number of rotatable bonds is 7. The Balaban J connectivity index is 1.68. The van der Waals surface area contributed by atoms with Crippen LogP contribution in [-0.2, 0) is 4.79 Å². The molecule has 3 aromatic carbocycles. The number of amides is 2. The quantitative estimate of drug-likeness (QED) is 0.604. The Morgan fingerprint density at radius 2 is 1.70 bits per heavy atom. The van der Waals surface area contributed by atoms with Gasteiger partial charge in [0.25, 0.3) is 11.8 Å². The molecule has 0 aromatic heterocycles. The van der Waals surface area contributed by atoms with Gasteiger partial charge in [0, 0.05) is 11.3 Å². The molecule has 0 saturated heterocycles. The molecule has 0 saturated carbocycles. The molecule has 0 fully saturated rings. The minimum Gasteiger partial charge on any atom is -0.495 e. The molecule has 0 heterocycles. The maximum atomic E-state index is 12.6. The predicted octanol–water partition coefficient (Wildman–Crippen LogP) is 4.58. The number of methoxy groups -OCH3 is 1. The summed E-state index contributed by atoms with van der Waals surface area (Å²) in [5, 5.41) is 5.62. The Bertz CT molecular complexity index is 1060. The molecule has 0 atom stereocenters. The van der Waals surface area contributed by atoms with E-state index >= 15 is 0 Å². The molecule has 3 aromatic rings. The number of hydrogen-bond donors (Lipinski definition) is 2. The number of hydrogen-bond acceptors (Lipinski definition) is 4. The summed E-state index contributed by atoms with van der Waals surface area (Å²) >= 11 is 0. The van der Waals surface area contributed by atoms with Crippen molar-refractivity contribution < 1.29 is 19.1 Å². The number of ether oxygens (including phenoxy) is 2. The molecule has 154 valence electrons. The molecule has 0 bridgehead atoms. The largest absolute Gasteiger partial charge is 0.495 e. The molecule has 6 heteroatoms. The molecular formula is C24H24N2O4. The van der Waals surface area contributed by atoms with Gasteiger partial charge >= 0.3 is 0 Å². The Morgan fingerprint density at radius 1 is 0.900 bits per heavy atom. The maximum absolute atomic E-state index is 12.6. The van der Waals surface area contributed by atoms with Gasteiger partial charge < -0.3 is 20.1 Å². The lowest BCUT2D eigenvalue weighted by Gasteiger charge is -2.14. The Labute approximate surface area is 175 Å². The molecule has 0 aliphatic carbocycles. The van der Waals surface area contributed by atoms with Crippen molar-refractivity contribution >= 4 is 23.2 Å². The van der Waals surface area contributed by atoms with Crippen LogP contribution >= 0.6 is 0 Å². The fraction of sp³-hybridized carbons (Fsp3) is 0.167. The number of carbonyl (C=O) groups is 2. The van der Waals surface area contributed by atoms with Gasteiger partial charge in [0.2, 0.25) is 0 Å². The van der Waals surface area contributed by atoms with Gasteiger partial charge in [0.05, 0.1) is 12.8 Å². The molecule has 0 unspecified atom stereocenters. The van der Waals surface area contributed by atoms with Gasteiger partial charge in [0.15, 0.2) is 6.61 Å². The third-order valence-electron chi connectivity index (χ3n) is 4.48. The van der Waals surface area contributed by atoms with Gasteiger partial charge in [-0.25, -0.2) is 0 Å². The van der Waals surface area contributed by atoms with Gasteiger partial charge in [-0.15, -0.1) is 0 Å². The first kappa shape index (κ1) is 20.9. The highest BCUT2D eigenvalue weighted by atomic mass is 16.5. The highest BCUT2D eigenvalue weighted by Gasteiger charge is 2.13. The minimum absolute atomic E-state index is 0.125. The SMILES string of the molecule is COc1ccc(NC(=O)COc2cccc(C)c2)cc1NC(=O)c1ccccc1C. The zero-order valence-electron chi connectivity index (χ0n) is 17.2. The van der Waals surface area contributed by atoms with Crippen molar-refractivity contribution in [3.05, 3.63) is 83.4 Å². The van der Waals surface area contributed by atoms with E-state index in [2.05, 4.69) is 10.6 Å². The lowest BCUT2D eigenvalue weighted by atomic mass is 10.1. The number of benzene rings is 3. The minimum atomic E-state index is -0.308. The Kier molecular flexibility index (Phi) is 6.70. The van der Waals surface area contributed by atoms with Crippen LogP contribution in [0.15, 0.2) is 66.7 Å². The van der Waals surface area contributed by atoms with Crippen LogP contribution in [0.3, 0.4) is 0 Å². The van der Waals surface area contributed by atoms with Crippen LogP contribution < -0.4 is 20.1 Å². The van der Waals surface area contributed by atoms with Crippen LogP contribution in [0.5, 0.6) is 11.5 Å². The molecule has 6 nitrogen and oxygen atoms in total. The van der Waals surface area contributed by atoms with E-state index in [1.165, 1.54) is 7.11 Å². The lowest BCUT2D eigenvalue weighted by molar-refractivity contribution is -0.118. The Morgan fingerprint density at radius 3 is 2.43 bits per heavy atom. The van der Waals surface area contributed by atoms with Crippen LogP contribution in [0.25, 0.3) is 0 Å². The summed E-state index contributed by atoms with van der Waals surface area (Å²) in [6.45, 7) is 3.70. The van der Waals surface area contributed by atoms with E-state index < -0.39 is 0 Å². The summed E-state index contributed by atoms with van der Waals surface area (Å²) in [6, 6.07) is 19.8. The van der Waals surface area contributed by atoms with Crippen LogP contribution in [0.4, 0.5) is 11.4 Å². The lowest BCUT2D eigenvalue weighted by Crippen LogP contribution is -2.20. The van der Waals surface area contributed by atoms with Crippen molar-refractivity contribution in [3.63, 3.8) is 0 Å². The molecule has 0 radical (unpaired) electrons. The second kappa shape index (κ2) is 9.60. The van der Waals surface area contributed by atoms with E-state index in [1.807, 2.05) is 50.2 Å². The number of nitrogens with one attached hydrogen (secondary N) is 2. The molecule has 30 heavy (non-hydrogen) atoms. The van der Waals surface area contributed by atoms with Gasteiger partial charge in [-0.05, 0) is 61.4 Å². The van der Waals surface area contributed by atoms with E-state index in [1.54, 1.807) is 30.3 Å². The fourth-order valence-corrected chi connectivity index (χ4v) is 2.95. The molecule has 0 aliphatic heterocycles. The van der Waals surface area contributed by atoms with Crippen molar-refractivity contribution in [2.75, 3.05) is 24.4 Å². The molecular weight excluding hydrogens is 380 g/mol. The van der Waals surface area contributed by atoms with Crippen molar-refractivity contribution in [1.29, 1.82) is 0 Å². The van der Waals surface area contributed by atoms with E-state index in [4.69, 9.17) is 9.47 Å². The fourth-order valence-electron chi connectivity index (χ4n) is 2.95. The van der Waals surface area contributed by atoms with Gasteiger partial charge in [-0.1, -0.05) is 30.3 Å². The van der Waals surface area contributed by atoms with Gasteiger partial charge in [-0.2, -0.15) is 0 Å². The van der Waals surface area contributed by atoms with Crippen molar-refractivity contribution in [1.82, 2.24) is 0 Å². The summed E-state index contributed by atoms with van der Waals surface area (Å²) in [7, 11) is 1.52. The van der Waals surface area contributed by atoms with Crippen LogP contribution in [-0.4, -0.2) is 25.5 Å². The highest BCUT2D eigenvalue weighted by molar-refractivity contribution is 6.06. The summed E-state index contributed by atoms with van der Waals surface area (Å²) in [6.07, 6.45) is 0. The molecule has 2 N–H and O–H groups in total. The van der Waals surface area contributed by atoms with Gasteiger partial charge in [0.1, 0.15) is 11.5 Å². The van der Waals surface area contributed by atoms with Crippen LogP contribution in [0.1, 0.15) is 21.5 Å². The summed E-state index contributed by atoms with van der Waals surface area (Å²) < 4.78 is 10.9. The summed E-state index contributed by atoms with van der Waals surface area (Å²) in [5.74, 6) is 0.563. The van der Waals surface area contributed by atoms with E-state index in [0.29, 0.717) is 28.4 Å². The third-order valence-corrected chi connectivity index (χ3v) is 4.48. The third kappa shape index (κ3) is 5.38. The Hall–Kier alpha value is -3.80. The summed E-state index contributed by atoms with van der Waals surface area (Å²) in [5.41, 5.74) is 3.47. The maximum Gasteiger partial charge on any atom is 0.262 e. The number of anilines is 2. The standard InChI is InChI=1S/C24H24N2O4/c1-16-7-6-9-19(13-16)30-15-23(27)25-18-11-12-22(29-3)21(14-18)26-24(28)20-10-5-4-8-17(20)2/h4-14H,15H2,1-3H3,(H,25,27)(H,26,28). The predicted molar refractivity (Wildman–Crippen MR) is 117 cm³/mol. The van der Waals surface area contributed by atoms with E-state index in [0.717, 1.165) is 11.1 Å². The molecule has 0 aliphatic rings. The second-order valence-electron chi connectivity index (χ2n) is 6.84. The van der Waals surface area contributed by atoms with E-state index in [-0.39, 0.29) is 18.4 Å². The normalized spacial score (nSPS) is 10.2. The highest BCUT2D eigenvalue weighted by Crippen LogP contribution is 2.28. The molecule has 0 spiro atoms. The number of aryl methyl sites for hydroxylation is 2. The van der Waals surface area contributed by atoms with Crippen molar-refractivity contribution in [2.45, 2.75) is 13.8 Å². The average Bonchev–Trinajstić information content (AvgIpc) is 2.73. The second-order valence-corrected chi connectivity index (χ2v) is 6.84. The molecule has 3 rings (SSSR count). The topological polar surface area (TPSA) is 76.7 Å². The monoisotopic (exact) mass is 404 g/mol. The van der Waals surface area contributed by atoms with Crippen molar-refractivity contribution in [2.24, 2.45) is 0 Å². The van der Waals surface area contributed by atoms with Crippen LogP contribution in [0, 0.1) is 13.8 Å². The first-order valence-electron chi connectivity index (χ1n) is 9.50. The first-order valence-corrected chi connectivity index (χ1v) is 9.50. The molecule has 2 amide bonds. The van der Waals surface area contributed by atoms with E-state index in [9.17, 15) is 9.59 Å². The van der Waals surface area contributed by atoms with Gasteiger partial charge in [-0.3, -0.25) is 9.59 Å². The first-order chi connectivity index (χ1) is 14.5. The number of carbonyl (C=O) groups excluding carboxylic acids is 2. The zero-order valence-corrected chi connectivity index (χ0v) is 17.2. The van der Waals surface area contributed by atoms with Crippen molar-refractivity contribution in [3.8, 4) is 11.5 Å². The zero-order chi connectivity index (χ0) is 21.5. The smallest absolute Gasteiger partial charge is 0.262 e. The summed E-state index contributed by atoms with van der Waals surface area (Å²) in [4.78, 5) is 24.9. The average molecular weight is 404 g/mol. The van der Waals surface area contributed by atoms with Crippen LogP contribution in [0.2, 0.25) is 0 Å².